The highest BCUT2D eigenvalue weighted by atomic mass is 16.5. The normalized spacial score (nSPS) is 16.9. The largest absolute Gasteiger partial charge is 0.493 e. The lowest BCUT2D eigenvalue weighted by molar-refractivity contribution is -0.138. The minimum absolute atomic E-state index is 0.212. The maximum atomic E-state index is 13.0. The van der Waals surface area contributed by atoms with Crippen molar-refractivity contribution in [1.82, 2.24) is 0 Å². The van der Waals surface area contributed by atoms with Crippen LogP contribution in [0.5, 0.6) is 17.2 Å². The Balaban J connectivity index is 1.28. The highest BCUT2D eigenvalue weighted by molar-refractivity contribution is 6.13. The molecule has 2 aromatic carbocycles. The van der Waals surface area contributed by atoms with Gasteiger partial charge >= 0.3 is 5.97 Å². The van der Waals surface area contributed by atoms with Crippen LogP contribution in [0, 0.1) is 5.92 Å². The molecule has 0 radical (unpaired) electrons. The van der Waals surface area contributed by atoms with Crippen molar-refractivity contribution < 1.29 is 28.5 Å². The van der Waals surface area contributed by atoms with Crippen LogP contribution in [0.25, 0.3) is 0 Å². The molecule has 0 bridgehead atoms. The topological polar surface area (TPSA) is 71.1 Å². The summed E-state index contributed by atoms with van der Waals surface area (Å²) in [6.45, 7) is 0.593. The quantitative estimate of drug-likeness (QED) is 0.133. The number of esters is 1. The van der Waals surface area contributed by atoms with Crippen LogP contribution in [0.15, 0.2) is 53.8 Å². The summed E-state index contributed by atoms with van der Waals surface area (Å²) in [6.07, 6.45) is 7.51. The van der Waals surface area contributed by atoms with Crippen LogP contribution in [0.2, 0.25) is 0 Å². The molecule has 1 fully saturated rings. The van der Waals surface area contributed by atoms with E-state index in [-0.39, 0.29) is 11.5 Å². The number of ether oxygens (including phenoxy) is 4. The Morgan fingerprint density at radius 1 is 0.971 bits per heavy atom. The van der Waals surface area contributed by atoms with Crippen LogP contribution < -0.4 is 14.2 Å². The van der Waals surface area contributed by atoms with E-state index >= 15 is 0 Å². The van der Waals surface area contributed by atoms with Crippen molar-refractivity contribution in [2.45, 2.75) is 58.0 Å². The first-order valence-electron chi connectivity index (χ1n) is 12.0. The van der Waals surface area contributed by atoms with Crippen LogP contribution in [-0.4, -0.2) is 26.0 Å². The predicted octanol–water partition coefficient (Wildman–Crippen LogP) is 6.03. The van der Waals surface area contributed by atoms with Gasteiger partial charge in [-0.05, 0) is 49.3 Å². The molecule has 1 aliphatic heterocycles. The summed E-state index contributed by atoms with van der Waals surface area (Å²) >= 11 is 0. The van der Waals surface area contributed by atoms with E-state index in [2.05, 4.69) is 12.1 Å². The third-order valence-electron chi connectivity index (χ3n) is 6.57. The fraction of sp³-hybridized carbons (Fsp3) is 0.429. The van der Waals surface area contributed by atoms with Gasteiger partial charge in [0.15, 0.2) is 17.3 Å². The number of hydrogen-bond acceptors (Lipinski definition) is 6. The summed E-state index contributed by atoms with van der Waals surface area (Å²) in [5.41, 5.74) is 2.97. The lowest BCUT2D eigenvalue weighted by Crippen LogP contribution is -2.33. The summed E-state index contributed by atoms with van der Waals surface area (Å²) in [4.78, 5) is 25.5. The number of ketones is 1. The predicted molar refractivity (Wildman–Crippen MR) is 128 cm³/mol. The van der Waals surface area contributed by atoms with Crippen molar-refractivity contribution in [3.63, 3.8) is 0 Å². The van der Waals surface area contributed by atoms with Crippen molar-refractivity contribution in [2.24, 2.45) is 5.92 Å². The minimum Gasteiger partial charge on any atom is -0.493 e. The molecule has 2 aliphatic rings. The van der Waals surface area contributed by atoms with E-state index in [0.29, 0.717) is 30.1 Å². The molecule has 0 N–H and O–H groups in total. The number of Topliss-reactive ketones (excluding diaryl/α,β-unsaturated/α-hetero) is 1. The summed E-state index contributed by atoms with van der Waals surface area (Å²) in [6, 6.07) is 13.3. The second kappa shape index (κ2) is 11.2. The van der Waals surface area contributed by atoms with Gasteiger partial charge in [0.05, 0.1) is 25.5 Å². The number of unbranched alkanes of at least 4 members (excludes halogenated alkanes) is 2. The third kappa shape index (κ3) is 5.44. The monoisotopic (exact) mass is 464 g/mol. The molecule has 1 aliphatic carbocycles. The van der Waals surface area contributed by atoms with E-state index in [0.717, 1.165) is 44.3 Å². The maximum Gasteiger partial charge on any atom is 0.322 e. The van der Waals surface area contributed by atoms with E-state index in [4.69, 9.17) is 18.9 Å². The number of rotatable bonds is 11. The van der Waals surface area contributed by atoms with E-state index in [1.54, 1.807) is 6.07 Å². The van der Waals surface area contributed by atoms with Crippen molar-refractivity contribution in [2.75, 3.05) is 14.2 Å². The summed E-state index contributed by atoms with van der Waals surface area (Å²) in [5, 5.41) is 0. The van der Waals surface area contributed by atoms with Crippen LogP contribution in [0.4, 0.5) is 0 Å². The molecule has 1 atom stereocenters. The van der Waals surface area contributed by atoms with Crippen molar-refractivity contribution in [3.05, 3.63) is 64.9 Å². The zero-order valence-corrected chi connectivity index (χ0v) is 19.9. The van der Waals surface area contributed by atoms with Gasteiger partial charge in [0, 0.05) is 12.5 Å². The molecule has 0 aromatic heterocycles. The van der Waals surface area contributed by atoms with Gasteiger partial charge in [0.25, 0.3) is 0 Å². The van der Waals surface area contributed by atoms with Gasteiger partial charge in [-0.15, -0.1) is 0 Å². The first-order valence-corrected chi connectivity index (χ1v) is 12.0. The van der Waals surface area contributed by atoms with Gasteiger partial charge in [0.2, 0.25) is 0 Å². The van der Waals surface area contributed by atoms with E-state index in [9.17, 15) is 9.59 Å². The standard InChI is InChI=1S/C28H32O6/c1-31-25-16-22-24(17-26(25)32-2)34-28(30)21(27(22)29)14-7-4-8-15-23(20-12-9-13-20)33-18-19-10-5-3-6-11-19/h3,5-6,10-11,16-17,21H,4,7-9,12-15,18H2,1-2H3. The Bertz CT molecular complexity index is 1050. The van der Waals surface area contributed by atoms with Crippen LogP contribution >= 0.6 is 0 Å². The Hall–Kier alpha value is -3.28. The molecule has 6 nitrogen and oxygen atoms in total. The average Bonchev–Trinajstić information content (AvgIpc) is 2.82. The SMILES string of the molecule is COc1cc2c(cc1OC)C(=O)C(CCCCCC(OCc1ccccc1)=C1CCC1)C(=O)O2. The second-order valence-electron chi connectivity index (χ2n) is 8.80. The highest BCUT2D eigenvalue weighted by Crippen LogP contribution is 2.39. The van der Waals surface area contributed by atoms with E-state index in [1.807, 2.05) is 18.2 Å². The lowest BCUT2D eigenvalue weighted by atomic mass is 9.88. The molecule has 180 valence electrons. The van der Waals surface area contributed by atoms with Crippen molar-refractivity contribution in [1.29, 1.82) is 0 Å². The van der Waals surface area contributed by atoms with Crippen LogP contribution in [0.3, 0.4) is 0 Å². The van der Waals surface area contributed by atoms with Gasteiger partial charge in [-0.25, -0.2) is 0 Å². The highest BCUT2D eigenvalue weighted by Gasteiger charge is 2.37. The molecule has 0 amide bonds. The average molecular weight is 465 g/mol. The minimum atomic E-state index is -0.774. The van der Waals surface area contributed by atoms with Crippen molar-refractivity contribution in [3.8, 4) is 17.2 Å². The Kier molecular flexibility index (Phi) is 7.88. The fourth-order valence-corrected chi connectivity index (χ4v) is 4.40. The molecule has 2 aromatic rings. The number of benzene rings is 2. The van der Waals surface area contributed by atoms with Crippen LogP contribution in [-0.2, 0) is 16.1 Å². The summed E-state index contributed by atoms with van der Waals surface area (Å²) < 4.78 is 22.2. The Labute approximate surface area is 200 Å². The zero-order valence-electron chi connectivity index (χ0n) is 19.9. The molecular formula is C28H32O6. The number of allylic oxidation sites excluding steroid dienone is 2. The van der Waals surface area contributed by atoms with Gasteiger partial charge in [0.1, 0.15) is 18.3 Å². The van der Waals surface area contributed by atoms with Gasteiger partial charge in [-0.1, -0.05) is 43.2 Å². The van der Waals surface area contributed by atoms with Crippen molar-refractivity contribution >= 4 is 11.8 Å². The maximum absolute atomic E-state index is 13.0. The first kappa shape index (κ1) is 23.9. The summed E-state index contributed by atoms with van der Waals surface area (Å²) in [7, 11) is 3.01. The number of hydrogen-bond donors (Lipinski definition) is 0. The van der Waals surface area contributed by atoms with E-state index < -0.39 is 11.9 Å². The molecule has 1 saturated carbocycles. The van der Waals surface area contributed by atoms with Crippen LogP contribution in [0.1, 0.15) is 67.3 Å². The number of fused-ring (bicyclic) bond motifs is 1. The summed E-state index contributed by atoms with van der Waals surface area (Å²) in [5.74, 6) is 0.743. The Morgan fingerprint density at radius 2 is 1.71 bits per heavy atom. The molecule has 34 heavy (non-hydrogen) atoms. The van der Waals surface area contributed by atoms with Gasteiger partial charge in [-0.2, -0.15) is 0 Å². The smallest absolute Gasteiger partial charge is 0.322 e. The molecule has 1 unspecified atom stereocenters. The molecule has 1 heterocycles. The first-order chi connectivity index (χ1) is 16.6. The third-order valence-corrected chi connectivity index (χ3v) is 6.57. The van der Waals surface area contributed by atoms with E-state index in [1.165, 1.54) is 37.8 Å². The number of carbonyl (C=O) groups is 2. The second-order valence-corrected chi connectivity index (χ2v) is 8.80. The van der Waals surface area contributed by atoms with Gasteiger partial charge < -0.3 is 18.9 Å². The molecule has 4 rings (SSSR count). The lowest BCUT2D eigenvalue weighted by Gasteiger charge is -2.24. The fourth-order valence-electron chi connectivity index (χ4n) is 4.40. The number of methoxy groups -OCH3 is 2. The Morgan fingerprint density at radius 3 is 2.38 bits per heavy atom. The number of carbonyl (C=O) groups excluding carboxylic acids is 2. The molecule has 6 heteroatoms. The zero-order chi connectivity index (χ0) is 23.9. The molecule has 0 saturated heterocycles. The molecule has 0 spiro atoms. The van der Waals surface area contributed by atoms with Gasteiger partial charge in [-0.3, -0.25) is 9.59 Å². The molecular weight excluding hydrogens is 432 g/mol.